The molecule has 3 N–H and O–H groups in total. The fourth-order valence-electron chi connectivity index (χ4n) is 1.78. The molecule has 0 radical (unpaired) electrons. The molecular weight excluding hydrogens is 270 g/mol. The number of benzene rings is 2. The van der Waals surface area contributed by atoms with Gasteiger partial charge in [0, 0.05) is 0 Å². The van der Waals surface area contributed by atoms with Gasteiger partial charge in [-0.15, -0.1) is 0 Å². The Labute approximate surface area is 122 Å². The lowest BCUT2D eigenvalue weighted by atomic mass is 10.1. The van der Waals surface area contributed by atoms with Crippen LogP contribution in [0.2, 0.25) is 0 Å². The molecule has 0 aliphatic rings. The van der Waals surface area contributed by atoms with Crippen molar-refractivity contribution in [1.82, 2.24) is 0 Å². The van der Waals surface area contributed by atoms with Crippen molar-refractivity contribution >= 4 is 11.9 Å². The molecule has 0 saturated carbocycles. The Morgan fingerprint density at radius 2 is 1.67 bits per heavy atom. The van der Waals surface area contributed by atoms with Gasteiger partial charge < -0.3 is 15.6 Å². The zero-order valence-electron chi connectivity index (χ0n) is 11.2. The number of ether oxygens (including phenoxy) is 1. The molecule has 0 aliphatic carbocycles. The summed E-state index contributed by atoms with van der Waals surface area (Å²) in [5.41, 5.74) is 6.69. The summed E-state index contributed by atoms with van der Waals surface area (Å²) in [7, 11) is 0. The highest BCUT2D eigenvalue weighted by Crippen LogP contribution is 2.15. The molecule has 0 bridgehead atoms. The Hall–Kier alpha value is -2.66. The monoisotopic (exact) mass is 285 g/mol. The van der Waals surface area contributed by atoms with E-state index in [9.17, 15) is 9.59 Å². The van der Waals surface area contributed by atoms with Crippen LogP contribution < -0.4 is 10.5 Å². The fraction of sp³-hybridized carbons (Fsp3) is 0.125. The normalized spacial score (nSPS) is 11.7. The van der Waals surface area contributed by atoms with E-state index in [1.165, 1.54) is 0 Å². The average molecular weight is 285 g/mol. The molecule has 1 atom stereocenters. The molecule has 2 aromatic carbocycles. The Morgan fingerprint density at radius 3 is 2.24 bits per heavy atom. The Kier molecular flexibility index (Phi) is 4.68. The van der Waals surface area contributed by atoms with Gasteiger partial charge in [-0.3, -0.25) is 4.79 Å². The van der Waals surface area contributed by atoms with E-state index in [0.29, 0.717) is 11.3 Å². The molecule has 108 valence electrons. The van der Waals surface area contributed by atoms with Crippen LogP contribution >= 0.6 is 0 Å². The van der Waals surface area contributed by atoms with Crippen LogP contribution in [0.25, 0.3) is 0 Å². The van der Waals surface area contributed by atoms with Crippen molar-refractivity contribution in [3.63, 3.8) is 0 Å². The van der Waals surface area contributed by atoms with Crippen molar-refractivity contribution in [3.8, 4) is 5.75 Å². The van der Waals surface area contributed by atoms with Gasteiger partial charge in [0.25, 0.3) is 0 Å². The first kappa shape index (κ1) is 14.7. The molecule has 0 unspecified atom stereocenters. The predicted molar refractivity (Wildman–Crippen MR) is 77.2 cm³/mol. The van der Waals surface area contributed by atoms with Crippen LogP contribution in [0.3, 0.4) is 0 Å². The van der Waals surface area contributed by atoms with E-state index in [-0.39, 0.29) is 6.42 Å². The molecule has 0 aromatic heterocycles. The summed E-state index contributed by atoms with van der Waals surface area (Å²) in [6, 6.07) is 14.3. The Bertz CT molecular complexity index is 622. The lowest BCUT2D eigenvalue weighted by Gasteiger charge is -2.08. The van der Waals surface area contributed by atoms with Crippen molar-refractivity contribution in [3.05, 3.63) is 65.7 Å². The van der Waals surface area contributed by atoms with E-state index in [0.717, 1.165) is 5.56 Å². The molecule has 0 amide bonds. The second kappa shape index (κ2) is 6.67. The first-order chi connectivity index (χ1) is 10.1. The van der Waals surface area contributed by atoms with Gasteiger partial charge in [0.05, 0.1) is 5.56 Å². The van der Waals surface area contributed by atoms with Crippen molar-refractivity contribution < 1.29 is 19.4 Å². The van der Waals surface area contributed by atoms with Gasteiger partial charge in [0.15, 0.2) is 0 Å². The van der Waals surface area contributed by atoms with Gasteiger partial charge in [-0.25, -0.2) is 4.79 Å². The summed E-state index contributed by atoms with van der Waals surface area (Å²) in [5, 5.41) is 8.75. The average Bonchev–Trinajstić information content (AvgIpc) is 2.50. The number of rotatable bonds is 5. The maximum Gasteiger partial charge on any atom is 0.343 e. The molecule has 0 heterocycles. The predicted octanol–water partition coefficient (Wildman–Crippen LogP) is 1.86. The summed E-state index contributed by atoms with van der Waals surface area (Å²) in [6.45, 7) is 0. The Morgan fingerprint density at radius 1 is 1.05 bits per heavy atom. The van der Waals surface area contributed by atoms with E-state index >= 15 is 0 Å². The first-order valence-electron chi connectivity index (χ1n) is 6.41. The highest BCUT2D eigenvalue weighted by Gasteiger charge is 2.12. The Balaban J connectivity index is 2.00. The standard InChI is InChI=1S/C16H15NO4/c17-14(15(18)19)10-11-6-8-13(9-7-11)21-16(20)12-4-2-1-3-5-12/h1-9,14H,10,17H2,(H,18,19)/t14-/m1/s1. The van der Waals surface area contributed by atoms with Gasteiger partial charge in [-0.2, -0.15) is 0 Å². The lowest BCUT2D eigenvalue weighted by molar-refractivity contribution is -0.138. The SMILES string of the molecule is N[C@H](Cc1ccc(OC(=O)c2ccccc2)cc1)C(=O)O. The third-order valence-electron chi connectivity index (χ3n) is 2.92. The number of nitrogens with two attached hydrogens (primary N) is 1. The number of esters is 1. The van der Waals surface area contributed by atoms with Crippen molar-refractivity contribution in [2.75, 3.05) is 0 Å². The smallest absolute Gasteiger partial charge is 0.343 e. The van der Waals surface area contributed by atoms with Gasteiger partial charge in [-0.1, -0.05) is 30.3 Å². The summed E-state index contributed by atoms with van der Waals surface area (Å²) >= 11 is 0. The fourth-order valence-corrected chi connectivity index (χ4v) is 1.78. The van der Waals surface area contributed by atoms with Crippen LogP contribution in [0.4, 0.5) is 0 Å². The van der Waals surface area contributed by atoms with E-state index in [2.05, 4.69) is 0 Å². The van der Waals surface area contributed by atoms with Gasteiger partial charge in [-0.05, 0) is 36.2 Å². The van der Waals surface area contributed by atoms with Crippen LogP contribution in [0, 0.1) is 0 Å². The van der Waals surface area contributed by atoms with Gasteiger partial charge in [0.1, 0.15) is 11.8 Å². The zero-order chi connectivity index (χ0) is 15.2. The molecule has 0 fully saturated rings. The summed E-state index contributed by atoms with van der Waals surface area (Å²) in [6.07, 6.45) is 0.224. The number of carboxylic acids is 1. The number of carboxylic acid groups (broad SMARTS) is 1. The number of aliphatic carboxylic acids is 1. The van der Waals surface area contributed by atoms with Crippen LogP contribution in [0.5, 0.6) is 5.75 Å². The van der Waals surface area contributed by atoms with E-state index in [1.807, 2.05) is 6.07 Å². The molecule has 5 heteroatoms. The molecule has 0 spiro atoms. The number of carbonyl (C=O) groups is 2. The molecular formula is C16H15NO4. The van der Waals surface area contributed by atoms with Crippen LogP contribution in [0.1, 0.15) is 15.9 Å². The topological polar surface area (TPSA) is 89.6 Å². The van der Waals surface area contributed by atoms with Crippen LogP contribution in [-0.2, 0) is 11.2 Å². The minimum Gasteiger partial charge on any atom is -0.480 e. The van der Waals surface area contributed by atoms with Crippen LogP contribution in [0.15, 0.2) is 54.6 Å². The molecule has 0 aliphatic heterocycles. The first-order valence-corrected chi connectivity index (χ1v) is 6.41. The van der Waals surface area contributed by atoms with Crippen molar-refractivity contribution in [1.29, 1.82) is 0 Å². The molecule has 2 aromatic rings. The minimum atomic E-state index is -1.05. The summed E-state index contributed by atoms with van der Waals surface area (Å²) < 4.78 is 5.22. The van der Waals surface area contributed by atoms with Crippen molar-refractivity contribution in [2.45, 2.75) is 12.5 Å². The highest BCUT2D eigenvalue weighted by atomic mass is 16.5. The second-order valence-corrected chi connectivity index (χ2v) is 4.55. The largest absolute Gasteiger partial charge is 0.480 e. The summed E-state index contributed by atoms with van der Waals surface area (Å²) in [5.74, 6) is -1.09. The van der Waals surface area contributed by atoms with E-state index < -0.39 is 18.0 Å². The van der Waals surface area contributed by atoms with Gasteiger partial charge >= 0.3 is 11.9 Å². The second-order valence-electron chi connectivity index (χ2n) is 4.55. The molecule has 21 heavy (non-hydrogen) atoms. The number of carbonyl (C=O) groups excluding carboxylic acids is 1. The number of hydrogen-bond acceptors (Lipinski definition) is 4. The summed E-state index contributed by atoms with van der Waals surface area (Å²) in [4.78, 5) is 22.5. The van der Waals surface area contributed by atoms with Crippen molar-refractivity contribution in [2.24, 2.45) is 5.73 Å². The highest BCUT2D eigenvalue weighted by molar-refractivity contribution is 5.90. The lowest BCUT2D eigenvalue weighted by Crippen LogP contribution is -2.32. The van der Waals surface area contributed by atoms with Gasteiger partial charge in [0.2, 0.25) is 0 Å². The quantitative estimate of drug-likeness (QED) is 0.646. The maximum absolute atomic E-state index is 11.8. The van der Waals surface area contributed by atoms with Crippen LogP contribution in [-0.4, -0.2) is 23.1 Å². The third kappa shape index (κ3) is 4.15. The molecule has 5 nitrogen and oxygen atoms in total. The third-order valence-corrected chi connectivity index (χ3v) is 2.92. The molecule has 2 rings (SSSR count). The number of hydrogen-bond donors (Lipinski definition) is 2. The molecule has 0 saturated heterocycles. The van der Waals surface area contributed by atoms with E-state index in [1.54, 1.807) is 48.5 Å². The van der Waals surface area contributed by atoms with E-state index in [4.69, 9.17) is 15.6 Å². The zero-order valence-corrected chi connectivity index (χ0v) is 11.2. The minimum absolute atomic E-state index is 0.224. The maximum atomic E-state index is 11.8.